The van der Waals surface area contributed by atoms with Crippen molar-refractivity contribution in [1.29, 1.82) is 0 Å². The Morgan fingerprint density at radius 2 is 2.18 bits per heavy atom. The third kappa shape index (κ3) is 3.42. The van der Waals surface area contributed by atoms with Gasteiger partial charge in [-0.3, -0.25) is 4.79 Å². The summed E-state index contributed by atoms with van der Waals surface area (Å²) in [5.41, 5.74) is 6.47. The molecule has 0 atom stereocenters. The van der Waals surface area contributed by atoms with E-state index >= 15 is 0 Å². The monoisotopic (exact) mass is 252 g/mol. The van der Waals surface area contributed by atoms with Crippen molar-refractivity contribution < 1.29 is 9.90 Å². The number of benzene rings is 1. The minimum Gasteiger partial charge on any atom is -0.508 e. The lowest BCUT2D eigenvalue weighted by Gasteiger charge is -2.18. The molecule has 5 heteroatoms. The molecule has 17 heavy (non-hydrogen) atoms. The van der Waals surface area contributed by atoms with Crippen LogP contribution < -0.4 is 5.73 Å². The summed E-state index contributed by atoms with van der Waals surface area (Å²) in [7, 11) is 1.68. The number of phenols is 1. The van der Waals surface area contributed by atoms with Crippen LogP contribution in [0.25, 0.3) is 0 Å². The van der Waals surface area contributed by atoms with Crippen molar-refractivity contribution in [2.75, 3.05) is 13.6 Å². The molecule has 0 aliphatic heterocycles. The van der Waals surface area contributed by atoms with Crippen molar-refractivity contribution in [3.63, 3.8) is 0 Å². The average molecular weight is 252 g/mol. The van der Waals surface area contributed by atoms with Gasteiger partial charge in [0.15, 0.2) is 0 Å². The van der Waals surface area contributed by atoms with E-state index in [0.29, 0.717) is 29.1 Å². The van der Waals surface area contributed by atoms with Gasteiger partial charge in [-0.2, -0.15) is 0 Å². The molecule has 0 aromatic heterocycles. The topological polar surface area (TPSA) is 66.6 Å². The van der Waals surface area contributed by atoms with Crippen LogP contribution in [0.1, 0.15) is 22.3 Å². The fourth-order valence-electron chi connectivity index (χ4n) is 1.44. The molecule has 0 saturated heterocycles. The van der Waals surface area contributed by atoms with Crippen LogP contribution in [-0.2, 0) is 0 Å². The van der Waals surface area contributed by atoms with Crippen LogP contribution in [0.5, 0.6) is 5.75 Å². The van der Waals surface area contributed by atoms with Gasteiger partial charge >= 0.3 is 0 Å². The maximum absolute atomic E-state index is 12.1. The van der Waals surface area contributed by atoms with Crippen LogP contribution in [-0.4, -0.2) is 34.5 Å². The number of nitrogens with two attached hydrogens (primary N) is 1. The predicted octanol–water partition coefficient (Wildman–Crippen LogP) is 1.45. The molecule has 1 amide bonds. The van der Waals surface area contributed by atoms with Crippen molar-refractivity contribution in [2.24, 2.45) is 5.73 Å². The normalized spacial score (nSPS) is 10.0. The molecule has 0 spiro atoms. The number of aromatic hydroxyl groups is 1. The molecule has 0 radical (unpaired) electrons. The number of nitrogens with zero attached hydrogens (tertiary/aromatic N) is 1. The van der Waals surface area contributed by atoms with Gasteiger partial charge in [-0.1, -0.05) is 18.3 Å². The molecule has 0 unspecified atom stereocenters. The molecule has 3 N–H and O–H groups in total. The van der Waals surface area contributed by atoms with Gasteiger partial charge in [0.25, 0.3) is 5.91 Å². The highest BCUT2D eigenvalue weighted by Gasteiger charge is 2.15. The lowest BCUT2D eigenvalue weighted by Crippen LogP contribution is -2.30. The molecule has 0 heterocycles. The van der Waals surface area contributed by atoms with E-state index in [2.05, 4.69) is 0 Å². The van der Waals surface area contributed by atoms with Gasteiger partial charge in [0, 0.05) is 31.1 Å². The zero-order chi connectivity index (χ0) is 13.0. The summed E-state index contributed by atoms with van der Waals surface area (Å²) in [6.45, 7) is 2.19. The Bertz CT molecular complexity index is 446. The summed E-state index contributed by atoms with van der Waals surface area (Å²) in [5, 5.41) is 9.54. The van der Waals surface area contributed by atoms with Crippen LogP contribution in [0.4, 0.5) is 0 Å². The maximum atomic E-state index is 12.1. The predicted molar refractivity (Wildman–Crippen MR) is 71.2 cm³/mol. The standard InChI is InChI=1S/C12H16N2O2S/c1-8-9(4-3-5-10(8)15)12(16)14(2)7-6-11(13)17/h3-5,15H,6-7H2,1-2H3,(H2,13,17). The Hall–Kier alpha value is -1.62. The van der Waals surface area contributed by atoms with Crippen LogP contribution in [0.3, 0.4) is 0 Å². The number of hydrogen-bond donors (Lipinski definition) is 2. The number of rotatable bonds is 4. The number of phenolic OH excluding ortho intramolecular Hbond substituents is 1. The third-order valence-electron chi connectivity index (χ3n) is 2.58. The SMILES string of the molecule is Cc1c(O)cccc1C(=O)N(C)CCC(N)=S. The quantitative estimate of drug-likeness (QED) is 0.796. The second-order valence-corrected chi connectivity index (χ2v) is 4.42. The van der Waals surface area contributed by atoms with Crippen LogP contribution in [0, 0.1) is 6.92 Å². The van der Waals surface area contributed by atoms with Gasteiger partial charge in [0.2, 0.25) is 0 Å². The van der Waals surface area contributed by atoms with E-state index in [1.54, 1.807) is 37.1 Å². The summed E-state index contributed by atoms with van der Waals surface area (Å²) >= 11 is 4.76. The second kappa shape index (κ2) is 5.63. The van der Waals surface area contributed by atoms with Gasteiger partial charge in [-0.25, -0.2) is 0 Å². The van der Waals surface area contributed by atoms with Crippen LogP contribution >= 0.6 is 12.2 Å². The molecule has 0 aliphatic rings. The molecular weight excluding hydrogens is 236 g/mol. The van der Waals surface area contributed by atoms with Gasteiger partial charge in [0.1, 0.15) is 5.75 Å². The molecule has 0 bridgehead atoms. The molecule has 0 fully saturated rings. The first-order chi connectivity index (χ1) is 7.93. The van der Waals surface area contributed by atoms with E-state index in [1.807, 2.05) is 0 Å². The highest BCUT2D eigenvalue weighted by atomic mass is 32.1. The van der Waals surface area contributed by atoms with Crippen molar-refractivity contribution in [3.05, 3.63) is 29.3 Å². The molecule has 1 aromatic carbocycles. The molecular formula is C12H16N2O2S. The first-order valence-electron chi connectivity index (χ1n) is 5.26. The largest absolute Gasteiger partial charge is 0.508 e. The number of carbonyl (C=O) groups is 1. The van der Waals surface area contributed by atoms with E-state index in [4.69, 9.17) is 18.0 Å². The fraction of sp³-hybridized carbons (Fsp3) is 0.333. The van der Waals surface area contributed by atoms with Gasteiger partial charge < -0.3 is 15.7 Å². The first kappa shape index (κ1) is 13.4. The summed E-state index contributed by atoms with van der Waals surface area (Å²) in [6, 6.07) is 4.90. The Morgan fingerprint density at radius 3 is 2.76 bits per heavy atom. The smallest absolute Gasteiger partial charge is 0.254 e. The number of amides is 1. The highest BCUT2D eigenvalue weighted by Crippen LogP contribution is 2.20. The molecule has 0 saturated carbocycles. The molecule has 1 rings (SSSR count). The molecule has 1 aromatic rings. The molecule has 0 aliphatic carbocycles. The second-order valence-electron chi connectivity index (χ2n) is 3.89. The first-order valence-corrected chi connectivity index (χ1v) is 5.66. The Balaban J connectivity index is 2.82. The van der Waals surface area contributed by atoms with E-state index in [9.17, 15) is 9.90 Å². The van der Waals surface area contributed by atoms with E-state index in [-0.39, 0.29) is 11.7 Å². The zero-order valence-electron chi connectivity index (χ0n) is 9.93. The lowest BCUT2D eigenvalue weighted by molar-refractivity contribution is 0.0798. The van der Waals surface area contributed by atoms with Crippen molar-refractivity contribution in [2.45, 2.75) is 13.3 Å². The van der Waals surface area contributed by atoms with E-state index in [1.165, 1.54) is 0 Å². The number of thiocarbonyl (C=S) groups is 1. The van der Waals surface area contributed by atoms with Gasteiger partial charge in [-0.05, 0) is 19.1 Å². The number of hydrogen-bond acceptors (Lipinski definition) is 3. The Morgan fingerprint density at radius 1 is 1.53 bits per heavy atom. The lowest BCUT2D eigenvalue weighted by atomic mass is 10.1. The molecule has 92 valence electrons. The summed E-state index contributed by atoms with van der Waals surface area (Å²) < 4.78 is 0. The Kier molecular flexibility index (Phi) is 4.45. The Labute approximate surface area is 106 Å². The van der Waals surface area contributed by atoms with E-state index < -0.39 is 0 Å². The van der Waals surface area contributed by atoms with Crippen molar-refractivity contribution in [3.8, 4) is 5.75 Å². The summed E-state index contributed by atoms with van der Waals surface area (Å²) in [6.07, 6.45) is 0.495. The van der Waals surface area contributed by atoms with Crippen molar-refractivity contribution in [1.82, 2.24) is 4.90 Å². The van der Waals surface area contributed by atoms with Gasteiger partial charge in [-0.15, -0.1) is 0 Å². The zero-order valence-corrected chi connectivity index (χ0v) is 10.8. The summed E-state index contributed by atoms with van der Waals surface area (Å²) in [5.74, 6) is -0.0201. The van der Waals surface area contributed by atoms with Crippen molar-refractivity contribution >= 4 is 23.1 Å². The molecule has 4 nitrogen and oxygen atoms in total. The highest BCUT2D eigenvalue weighted by molar-refractivity contribution is 7.80. The maximum Gasteiger partial charge on any atom is 0.254 e. The minimum atomic E-state index is -0.144. The third-order valence-corrected chi connectivity index (χ3v) is 2.78. The van der Waals surface area contributed by atoms with Gasteiger partial charge in [0.05, 0.1) is 4.99 Å². The fourth-order valence-corrected chi connectivity index (χ4v) is 1.53. The van der Waals surface area contributed by atoms with Crippen LogP contribution in [0.15, 0.2) is 18.2 Å². The van der Waals surface area contributed by atoms with Crippen LogP contribution in [0.2, 0.25) is 0 Å². The average Bonchev–Trinajstić information content (AvgIpc) is 2.28. The van der Waals surface area contributed by atoms with E-state index in [0.717, 1.165) is 0 Å². The minimum absolute atomic E-state index is 0.124. The number of carbonyl (C=O) groups excluding carboxylic acids is 1. The summed E-state index contributed by atoms with van der Waals surface area (Å²) in [4.78, 5) is 14.0.